The molecule has 1 aromatic heterocycles. The average molecular weight is 268 g/mol. The summed E-state index contributed by atoms with van der Waals surface area (Å²) in [5.74, 6) is 0. The Morgan fingerprint density at radius 3 is 2.88 bits per heavy atom. The van der Waals surface area contributed by atoms with Gasteiger partial charge in [-0.05, 0) is 21.9 Å². The van der Waals surface area contributed by atoms with E-state index in [0.29, 0.717) is 18.3 Å². The van der Waals surface area contributed by atoms with Crippen molar-refractivity contribution >= 4 is 11.8 Å². The fourth-order valence-corrected chi connectivity index (χ4v) is 1.54. The zero-order valence-corrected chi connectivity index (χ0v) is 9.78. The van der Waals surface area contributed by atoms with Crippen LogP contribution in [0.5, 0.6) is 0 Å². The maximum atomic E-state index is 12.5. The summed E-state index contributed by atoms with van der Waals surface area (Å²) in [7, 11) is 1.54. The highest BCUT2D eigenvalue weighted by atomic mass is 32.2. The Hall–Kier alpha value is -1.09. The van der Waals surface area contributed by atoms with Gasteiger partial charge in [-0.15, -0.1) is 5.10 Å². The van der Waals surface area contributed by atoms with Crippen molar-refractivity contribution in [2.45, 2.75) is 24.3 Å². The predicted molar refractivity (Wildman–Crippen MR) is 55.6 cm³/mol. The van der Waals surface area contributed by atoms with Gasteiger partial charge in [-0.2, -0.15) is 0 Å². The molecule has 17 heavy (non-hydrogen) atoms. The standard InChI is InChI=1S/C8H11F3N4OS/c1-16-4-3-15-8(12-13-14-15)17-5-2-6(9)7(10)11/h2,5-7H,3-4H2,1H3/b5-2+. The number of ether oxygens (including phenoxy) is 1. The number of alkyl halides is 3. The van der Waals surface area contributed by atoms with Crippen molar-refractivity contribution in [1.82, 2.24) is 20.2 Å². The summed E-state index contributed by atoms with van der Waals surface area (Å²) in [5.41, 5.74) is 0. The molecule has 0 radical (unpaired) electrons. The third-order valence-electron chi connectivity index (χ3n) is 1.68. The van der Waals surface area contributed by atoms with E-state index in [1.54, 1.807) is 0 Å². The van der Waals surface area contributed by atoms with E-state index < -0.39 is 12.6 Å². The average Bonchev–Trinajstić information content (AvgIpc) is 2.73. The van der Waals surface area contributed by atoms with Gasteiger partial charge in [0, 0.05) is 7.11 Å². The molecule has 0 aliphatic heterocycles. The van der Waals surface area contributed by atoms with Crippen LogP contribution in [0.15, 0.2) is 16.6 Å². The minimum absolute atomic E-state index is 0.389. The Kier molecular flexibility index (Phi) is 5.98. The van der Waals surface area contributed by atoms with Gasteiger partial charge in [0.15, 0.2) is 6.17 Å². The van der Waals surface area contributed by atoms with E-state index in [-0.39, 0.29) is 0 Å². The second-order valence-electron chi connectivity index (χ2n) is 2.90. The fraction of sp³-hybridized carbons (Fsp3) is 0.625. The van der Waals surface area contributed by atoms with Gasteiger partial charge in [-0.1, -0.05) is 11.8 Å². The highest BCUT2D eigenvalue weighted by Crippen LogP contribution is 2.17. The summed E-state index contributed by atoms with van der Waals surface area (Å²) >= 11 is 0.967. The number of allylic oxidation sites excluding steroid dienone is 1. The molecule has 0 aliphatic rings. The molecule has 9 heteroatoms. The molecule has 96 valence electrons. The zero-order valence-electron chi connectivity index (χ0n) is 8.96. The quantitative estimate of drug-likeness (QED) is 0.702. The fourth-order valence-electron chi connectivity index (χ4n) is 0.858. The van der Waals surface area contributed by atoms with Gasteiger partial charge in [0.05, 0.1) is 13.2 Å². The third kappa shape index (κ3) is 4.73. The number of aromatic nitrogens is 4. The van der Waals surface area contributed by atoms with Crippen molar-refractivity contribution in [1.29, 1.82) is 0 Å². The molecule has 0 aliphatic carbocycles. The molecule has 0 fully saturated rings. The Morgan fingerprint density at radius 1 is 1.47 bits per heavy atom. The van der Waals surface area contributed by atoms with Gasteiger partial charge in [-0.3, -0.25) is 0 Å². The van der Waals surface area contributed by atoms with E-state index in [9.17, 15) is 13.2 Å². The van der Waals surface area contributed by atoms with Crippen molar-refractivity contribution in [2.24, 2.45) is 0 Å². The third-order valence-corrected chi connectivity index (χ3v) is 2.48. The largest absolute Gasteiger partial charge is 0.383 e. The number of methoxy groups -OCH3 is 1. The second-order valence-corrected chi connectivity index (χ2v) is 3.78. The summed E-state index contributed by atoms with van der Waals surface area (Å²) in [6.07, 6.45) is -4.52. The first-order chi connectivity index (χ1) is 8.15. The molecule has 1 aromatic rings. The maximum Gasteiger partial charge on any atom is 0.272 e. The summed E-state index contributed by atoms with van der Waals surface area (Å²) in [6, 6.07) is 0. The monoisotopic (exact) mass is 268 g/mol. The highest BCUT2D eigenvalue weighted by Gasteiger charge is 2.15. The van der Waals surface area contributed by atoms with Crippen LogP contribution in [0, 0.1) is 0 Å². The SMILES string of the molecule is COCCn1nnnc1S/C=C/C(F)C(F)F. The molecule has 0 bridgehead atoms. The van der Waals surface area contributed by atoms with Crippen LogP contribution in [0.25, 0.3) is 0 Å². The van der Waals surface area contributed by atoms with E-state index in [4.69, 9.17) is 4.74 Å². The Labute approximate surface area is 100 Å². The molecule has 0 amide bonds. The van der Waals surface area contributed by atoms with Gasteiger partial charge in [0.1, 0.15) is 0 Å². The normalized spacial score (nSPS) is 13.7. The molecule has 0 aromatic carbocycles. The summed E-state index contributed by atoms with van der Waals surface area (Å²) in [6.45, 7) is 0.860. The van der Waals surface area contributed by atoms with E-state index in [1.807, 2.05) is 0 Å². The zero-order chi connectivity index (χ0) is 12.7. The molecule has 1 rings (SSSR count). The smallest absolute Gasteiger partial charge is 0.272 e. The minimum Gasteiger partial charge on any atom is -0.383 e. The van der Waals surface area contributed by atoms with E-state index in [0.717, 1.165) is 17.8 Å². The molecule has 1 atom stereocenters. The number of halogens is 3. The van der Waals surface area contributed by atoms with Gasteiger partial charge in [0.25, 0.3) is 6.43 Å². The first-order valence-electron chi connectivity index (χ1n) is 4.65. The summed E-state index contributed by atoms with van der Waals surface area (Å²) in [4.78, 5) is 0. The Morgan fingerprint density at radius 2 is 2.24 bits per heavy atom. The first kappa shape index (κ1) is 14.0. The van der Waals surface area contributed by atoms with E-state index in [2.05, 4.69) is 15.5 Å². The van der Waals surface area contributed by atoms with Crippen LogP contribution in [0.4, 0.5) is 13.2 Å². The lowest BCUT2D eigenvalue weighted by Crippen LogP contribution is -2.08. The highest BCUT2D eigenvalue weighted by molar-refractivity contribution is 8.02. The van der Waals surface area contributed by atoms with Crippen LogP contribution in [0.1, 0.15) is 0 Å². The summed E-state index contributed by atoms with van der Waals surface area (Å²) < 4.78 is 42.5. The van der Waals surface area contributed by atoms with Crippen molar-refractivity contribution in [3.8, 4) is 0 Å². The molecule has 0 saturated heterocycles. The van der Waals surface area contributed by atoms with Crippen LogP contribution < -0.4 is 0 Å². The molecule has 0 spiro atoms. The number of tetrazole rings is 1. The van der Waals surface area contributed by atoms with Crippen LogP contribution in [-0.2, 0) is 11.3 Å². The van der Waals surface area contributed by atoms with Crippen LogP contribution in [-0.4, -0.2) is 46.5 Å². The van der Waals surface area contributed by atoms with Gasteiger partial charge >= 0.3 is 0 Å². The second kappa shape index (κ2) is 7.28. The molecule has 0 N–H and O–H groups in total. The van der Waals surface area contributed by atoms with Crippen LogP contribution >= 0.6 is 11.8 Å². The molecular weight excluding hydrogens is 257 g/mol. The number of hydrogen-bond acceptors (Lipinski definition) is 5. The van der Waals surface area contributed by atoms with Crippen LogP contribution in [0.3, 0.4) is 0 Å². The summed E-state index contributed by atoms with van der Waals surface area (Å²) in [5, 5.41) is 12.3. The minimum atomic E-state index is -3.02. The first-order valence-corrected chi connectivity index (χ1v) is 5.53. The van der Waals surface area contributed by atoms with Crippen molar-refractivity contribution < 1.29 is 17.9 Å². The maximum absolute atomic E-state index is 12.5. The molecular formula is C8H11F3N4OS. The van der Waals surface area contributed by atoms with Crippen molar-refractivity contribution in [3.63, 3.8) is 0 Å². The molecule has 1 heterocycles. The topological polar surface area (TPSA) is 52.8 Å². The number of thioether (sulfide) groups is 1. The lowest BCUT2D eigenvalue weighted by Gasteiger charge is -2.01. The number of nitrogens with zero attached hydrogens (tertiary/aromatic N) is 4. The molecule has 1 unspecified atom stereocenters. The van der Waals surface area contributed by atoms with Gasteiger partial charge in [0.2, 0.25) is 5.16 Å². The van der Waals surface area contributed by atoms with E-state index >= 15 is 0 Å². The molecule has 0 saturated carbocycles. The lowest BCUT2D eigenvalue weighted by atomic mass is 10.4. The number of hydrogen-bond donors (Lipinski definition) is 0. The lowest BCUT2D eigenvalue weighted by molar-refractivity contribution is 0.0751. The van der Waals surface area contributed by atoms with E-state index in [1.165, 1.54) is 17.2 Å². The van der Waals surface area contributed by atoms with Crippen molar-refractivity contribution in [2.75, 3.05) is 13.7 Å². The predicted octanol–water partition coefficient (Wildman–Crippen LogP) is 1.53. The Bertz CT molecular complexity index is 360. The van der Waals surface area contributed by atoms with Crippen LogP contribution in [0.2, 0.25) is 0 Å². The van der Waals surface area contributed by atoms with Gasteiger partial charge in [-0.25, -0.2) is 17.9 Å². The van der Waals surface area contributed by atoms with Gasteiger partial charge < -0.3 is 4.74 Å². The van der Waals surface area contributed by atoms with Crippen molar-refractivity contribution in [3.05, 3.63) is 11.5 Å². The Balaban J connectivity index is 2.48. The number of rotatable bonds is 7. The molecule has 5 nitrogen and oxygen atoms in total.